The zero-order valence-electron chi connectivity index (χ0n) is 17.1. The van der Waals surface area contributed by atoms with Crippen molar-refractivity contribution < 1.29 is 19.7 Å². The third kappa shape index (κ3) is 3.04. The number of benzene rings is 1. The molecule has 2 saturated heterocycles. The number of nitrogens with zero attached hydrogens (tertiary/aromatic N) is 1. The fourth-order valence-corrected chi connectivity index (χ4v) is 4.87. The molecule has 2 aliphatic heterocycles. The Labute approximate surface area is 165 Å². The maximum atomic E-state index is 13.2. The largest absolute Gasteiger partial charge is 0.388 e. The number of carbonyl (C=O) groups excluding carboxylic acids is 1. The first-order valence-corrected chi connectivity index (χ1v) is 10.1. The van der Waals surface area contributed by atoms with Crippen LogP contribution in [0.4, 0.5) is 0 Å². The van der Waals surface area contributed by atoms with Gasteiger partial charge in [-0.05, 0) is 57.2 Å². The number of rotatable bonds is 1. The van der Waals surface area contributed by atoms with Gasteiger partial charge in [0.1, 0.15) is 11.8 Å². The van der Waals surface area contributed by atoms with Crippen LogP contribution < -0.4 is 0 Å². The maximum absolute atomic E-state index is 13.2. The number of hydrogen-bond acceptors (Lipinski definition) is 4. The van der Waals surface area contributed by atoms with Gasteiger partial charge in [-0.2, -0.15) is 0 Å². The van der Waals surface area contributed by atoms with Crippen molar-refractivity contribution in [3.63, 3.8) is 0 Å². The molecule has 3 N–H and O–H groups in total. The first kappa shape index (κ1) is 19.4. The van der Waals surface area contributed by atoms with Crippen LogP contribution in [0.25, 0.3) is 10.9 Å². The number of hydrogen-bond donors (Lipinski definition) is 3. The van der Waals surface area contributed by atoms with Crippen molar-refractivity contribution in [1.29, 1.82) is 0 Å². The molecule has 1 aromatic heterocycles. The van der Waals surface area contributed by atoms with Gasteiger partial charge in [0.05, 0.1) is 17.8 Å². The maximum Gasteiger partial charge on any atom is 0.270 e. The molecule has 0 unspecified atom stereocenters. The summed E-state index contributed by atoms with van der Waals surface area (Å²) in [4.78, 5) is 18.5. The SMILES string of the molecule is Cc1ccc(C)c2c(C)c(C(=O)N3CCC4(CC3)C[C@](C)(O)[C@@H](O)CO4)[nH]c12. The summed E-state index contributed by atoms with van der Waals surface area (Å²) >= 11 is 0. The lowest BCUT2D eigenvalue weighted by Gasteiger charge is -2.49. The van der Waals surface area contributed by atoms with Crippen LogP contribution in [0.2, 0.25) is 0 Å². The smallest absolute Gasteiger partial charge is 0.270 e. The van der Waals surface area contributed by atoms with Gasteiger partial charge in [0.25, 0.3) is 5.91 Å². The number of aliphatic hydroxyl groups excluding tert-OH is 1. The molecule has 2 atom stereocenters. The highest BCUT2D eigenvalue weighted by molar-refractivity contribution is 6.02. The third-order valence-corrected chi connectivity index (χ3v) is 6.74. The number of aliphatic hydroxyl groups is 2. The van der Waals surface area contributed by atoms with Crippen LogP contribution in [0.15, 0.2) is 12.1 Å². The van der Waals surface area contributed by atoms with E-state index < -0.39 is 17.3 Å². The van der Waals surface area contributed by atoms with E-state index in [-0.39, 0.29) is 12.5 Å². The second kappa shape index (κ2) is 6.58. The van der Waals surface area contributed by atoms with E-state index >= 15 is 0 Å². The van der Waals surface area contributed by atoms with E-state index in [2.05, 4.69) is 31.0 Å². The van der Waals surface area contributed by atoms with Crippen LogP contribution in [0.5, 0.6) is 0 Å². The molecule has 28 heavy (non-hydrogen) atoms. The quantitative estimate of drug-likeness (QED) is 0.703. The highest BCUT2D eigenvalue weighted by atomic mass is 16.5. The number of aryl methyl sites for hydroxylation is 3. The number of piperidine rings is 1. The molecule has 1 aromatic carbocycles. The molecule has 6 nitrogen and oxygen atoms in total. The molecular weight excluding hydrogens is 356 g/mol. The second-order valence-corrected chi connectivity index (χ2v) is 8.91. The Hall–Kier alpha value is -1.89. The molecule has 3 heterocycles. The summed E-state index contributed by atoms with van der Waals surface area (Å²) in [6.45, 7) is 9.10. The van der Waals surface area contributed by atoms with Gasteiger partial charge in [0.2, 0.25) is 0 Å². The molecule has 0 saturated carbocycles. The van der Waals surface area contributed by atoms with Crippen LogP contribution >= 0.6 is 0 Å². The van der Waals surface area contributed by atoms with Crippen molar-refractivity contribution in [2.45, 2.75) is 64.3 Å². The van der Waals surface area contributed by atoms with E-state index in [0.29, 0.717) is 38.0 Å². The number of amides is 1. The number of fused-ring (bicyclic) bond motifs is 1. The van der Waals surface area contributed by atoms with Crippen molar-refractivity contribution in [3.05, 3.63) is 34.5 Å². The molecule has 0 radical (unpaired) electrons. The monoisotopic (exact) mass is 386 g/mol. The average molecular weight is 386 g/mol. The molecule has 2 aromatic rings. The molecule has 6 heteroatoms. The minimum atomic E-state index is -1.15. The lowest BCUT2D eigenvalue weighted by atomic mass is 9.76. The second-order valence-electron chi connectivity index (χ2n) is 8.91. The minimum Gasteiger partial charge on any atom is -0.388 e. The van der Waals surface area contributed by atoms with Gasteiger partial charge in [0.15, 0.2) is 0 Å². The number of ether oxygens (including phenoxy) is 1. The van der Waals surface area contributed by atoms with Gasteiger partial charge >= 0.3 is 0 Å². The summed E-state index contributed by atoms with van der Waals surface area (Å²) in [5, 5.41) is 21.5. The van der Waals surface area contributed by atoms with E-state index in [9.17, 15) is 15.0 Å². The summed E-state index contributed by atoms with van der Waals surface area (Å²) in [7, 11) is 0. The number of nitrogens with one attached hydrogen (secondary N) is 1. The molecule has 2 aliphatic rings. The Morgan fingerprint density at radius 2 is 1.86 bits per heavy atom. The normalized spacial score (nSPS) is 27.5. The fraction of sp³-hybridized carbons (Fsp3) is 0.591. The van der Waals surface area contributed by atoms with Crippen LogP contribution in [-0.4, -0.2) is 63.0 Å². The molecule has 0 aliphatic carbocycles. The first-order valence-electron chi connectivity index (χ1n) is 10.1. The van der Waals surface area contributed by atoms with E-state index in [0.717, 1.165) is 22.0 Å². The van der Waals surface area contributed by atoms with E-state index in [1.54, 1.807) is 6.92 Å². The van der Waals surface area contributed by atoms with Crippen LogP contribution in [0.1, 0.15) is 53.4 Å². The number of aromatic amines is 1. The predicted octanol–water partition coefficient (Wildman–Crippen LogP) is 2.60. The zero-order chi connectivity index (χ0) is 20.3. The molecule has 152 valence electrons. The van der Waals surface area contributed by atoms with E-state index in [4.69, 9.17) is 4.74 Å². The molecule has 4 rings (SSSR count). The highest BCUT2D eigenvalue weighted by Gasteiger charge is 2.49. The van der Waals surface area contributed by atoms with Gasteiger partial charge in [-0.3, -0.25) is 4.79 Å². The van der Waals surface area contributed by atoms with E-state index in [1.807, 2.05) is 11.8 Å². The lowest BCUT2D eigenvalue weighted by molar-refractivity contribution is -0.221. The van der Waals surface area contributed by atoms with Crippen LogP contribution in [0, 0.1) is 20.8 Å². The highest BCUT2D eigenvalue weighted by Crippen LogP contribution is 2.40. The van der Waals surface area contributed by atoms with Crippen molar-refractivity contribution in [3.8, 4) is 0 Å². The predicted molar refractivity (Wildman–Crippen MR) is 108 cm³/mol. The Bertz CT molecular complexity index is 922. The molecular formula is C22H30N2O4. The number of likely N-dealkylation sites (tertiary alicyclic amines) is 1. The topological polar surface area (TPSA) is 85.8 Å². The van der Waals surface area contributed by atoms with E-state index in [1.165, 1.54) is 5.56 Å². The summed E-state index contributed by atoms with van der Waals surface area (Å²) in [5.41, 5.74) is 3.40. The van der Waals surface area contributed by atoms with Gasteiger partial charge in [0, 0.05) is 30.4 Å². The van der Waals surface area contributed by atoms with Crippen molar-refractivity contribution in [2.24, 2.45) is 0 Å². The van der Waals surface area contributed by atoms with Gasteiger partial charge < -0.3 is 24.8 Å². The van der Waals surface area contributed by atoms with Crippen LogP contribution in [-0.2, 0) is 4.74 Å². The molecule has 1 spiro atoms. The Morgan fingerprint density at radius 1 is 1.21 bits per heavy atom. The zero-order valence-corrected chi connectivity index (χ0v) is 17.1. The molecule has 1 amide bonds. The van der Waals surface area contributed by atoms with Crippen LogP contribution in [0.3, 0.4) is 0 Å². The Morgan fingerprint density at radius 3 is 2.46 bits per heavy atom. The summed E-state index contributed by atoms with van der Waals surface area (Å²) in [6.07, 6.45) is 0.864. The standard InChI is InChI=1S/C22H30N2O4/c1-13-5-6-14(2)18-17(13)15(3)19(23-18)20(26)24-9-7-22(8-10-24)12-21(4,27)16(25)11-28-22/h5-6,16,23,25,27H,7-12H2,1-4H3/t16-,21-/m0/s1. The fourth-order valence-electron chi connectivity index (χ4n) is 4.87. The summed E-state index contributed by atoms with van der Waals surface area (Å²) in [5.74, 6) is 0.0185. The average Bonchev–Trinajstić information content (AvgIpc) is 3.00. The number of aromatic nitrogens is 1. The summed E-state index contributed by atoms with van der Waals surface area (Å²) in [6, 6.07) is 4.17. The number of carbonyl (C=O) groups is 1. The number of H-pyrrole nitrogens is 1. The third-order valence-electron chi connectivity index (χ3n) is 6.74. The Kier molecular flexibility index (Phi) is 4.56. The Balaban J connectivity index is 1.54. The summed E-state index contributed by atoms with van der Waals surface area (Å²) < 4.78 is 5.94. The van der Waals surface area contributed by atoms with Crippen molar-refractivity contribution in [2.75, 3.05) is 19.7 Å². The van der Waals surface area contributed by atoms with Crippen molar-refractivity contribution >= 4 is 16.8 Å². The van der Waals surface area contributed by atoms with Gasteiger partial charge in [-0.15, -0.1) is 0 Å². The minimum absolute atomic E-state index is 0.0185. The van der Waals surface area contributed by atoms with Gasteiger partial charge in [-0.1, -0.05) is 12.1 Å². The molecule has 0 bridgehead atoms. The van der Waals surface area contributed by atoms with Crippen molar-refractivity contribution in [1.82, 2.24) is 9.88 Å². The van der Waals surface area contributed by atoms with Gasteiger partial charge in [-0.25, -0.2) is 0 Å². The molecule has 2 fully saturated rings. The lowest BCUT2D eigenvalue weighted by Crippen LogP contribution is -2.59. The first-order chi connectivity index (χ1) is 13.1.